The number of fused-ring (bicyclic) bond motifs is 2. The summed E-state index contributed by atoms with van der Waals surface area (Å²) in [7, 11) is 0. The molecule has 0 radical (unpaired) electrons. The van der Waals surface area contributed by atoms with Crippen LogP contribution in [0.2, 0.25) is 0 Å². The van der Waals surface area contributed by atoms with E-state index in [4.69, 9.17) is 0 Å². The van der Waals surface area contributed by atoms with Gasteiger partial charge in [-0.15, -0.1) is 10.2 Å². The van der Waals surface area contributed by atoms with Crippen molar-refractivity contribution >= 4 is 11.8 Å². The summed E-state index contributed by atoms with van der Waals surface area (Å²) in [5.74, 6) is 3.25. The maximum absolute atomic E-state index is 13.1. The van der Waals surface area contributed by atoms with Crippen molar-refractivity contribution in [2.75, 3.05) is 5.75 Å². The van der Waals surface area contributed by atoms with Crippen LogP contribution in [0, 0.1) is 17.8 Å². The minimum atomic E-state index is -4.31. The van der Waals surface area contributed by atoms with Crippen molar-refractivity contribution in [1.29, 1.82) is 0 Å². The zero-order valence-electron chi connectivity index (χ0n) is 13.6. The van der Waals surface area contributed by atoms with Gasteiger partial charge in [-0.1, -0.05) is 18.2 Å². The Labute approximate surface area is 148 Å². The van der Waals surface area contributed by atoms with Gasteiger partial charge in [-0.25, -0.2) is 0 Å². The second-order valence-corrected chi connectivity index (χ2v) is 7.98. The van der Waals surface area contributed by atoms with Crippen LogP contribution >= 0.6 is 11.8 Å². The van der Waals surface area contributed by atoms with E-state index < -0.39 is 12.7 Å². The molecule has 0 N–H and O–H groups in total. The summed E-state index contributed by atoms with van der Waals surface area (Å²) >= 11 is 1.41. The Bertz CT molecular complexity index is 731. The number of hydrogen-bond donors (Lipinski definition) is 0. The van der Waals surface area contributed by atoms with E-state index in [2.05, 4.69) is 15.2 Å². The number of pyridine rings is 1. The lowest BCUT2D eigenvalue weighted by Gasteiger charge is -2.21. The number of alkyl halides is 3. The van der Waals surface area contributed by atoms with Crippen LogP contribution in [0.5, 0.6) is 0 Å². The van der Waals surface area contributed by atoms with Gasteiger partial charge in [0.2, 0.25) is 0 Å². The summed E-state index contributed by atoms with van der Waals surface area (Å²) in [6.07, 6.45) is 3.88. The molecule has 2 saturated carbocycles. The highest BCUT2D eigenvalue weighted by Gasteiger charge is 2.39. The molecule has 2 aromatic heterocycles. The minimum Gasteiger partial charge on any atom is -0.293 e. The first-order valence-electron chi connectivity index (χ1n) is 8.53. The van der Waals surface area contributed by atoms with E-state index in [1.54, 1.807) is 24.5 Å². The quantitative estimate of drug-likeness (QED) is 0.733. The molecular weight excluding hydrogens is 349 g/mol. The molecule has 3 atom stereocenters. The second kappa shape index (κ2) is 6.63. The molecule has 0 spiro atoms. The van der Waals surface area contributed by atoms with Gasteiger partial charge in [0.15, 0.2) is 11.0 Å². The van der Waals surface area contributed by atoms with Crippen LogP contribution in [0.1, 0.15) is 25.7 Å². The van der Waals surface area contributed by atoms with E-state index in [0.717, 1.165) is 17.6 Å². The predicted octanol–water partition coefficient (Wildman–Crippen LogP) is 4.43. The van der Waals surface area contributed by atoms with Crippen LogP contribution in [0.3, 0.4) is 0 Å². The lowest BCUT2D eigenvalue weighted by molar-refractivity contribution is -0.141. The first-order chi connectivity index (χ1) is 12.0. The number of rotatable bonds is 5. The first-order valence-corrected chi connectivity index (χ1v) is 9.51. The molecule has 4 rings (SSSR count). The van der Waals surface area contributed by atoms with Crippen LogP contribution in [-0.4, -0.2) is 31.7 Å². The SMILES string of the molecule is FC(F)(F)Cn1c(SC[C@H]2C[C@H]3CC[C@H]2C3)nnc1-c1ccncc1. The van der Waals surface area contributed by atoms with E-state index in [-0.39, 0.29) is 5.82 Å². The van der Waals surface area contributed by atoms with E-state index in [1.807, 2.05) is 0 Å². The zero-order chi connectivity index (χ0) is 17.4. The molecule has 0 aliphatic heterocycles. The van der Waals surface area contributed by atoms with Crippen LogP contribution in [0.25, 0.3) is 11.4 Å². The average Bonchev–Trinajstić information content (AvgIpc) is 3.28. The standard InChI is InChI=1S/C17H19F3N4S/c18-17(19,20)10-24-15(12-3-5-21-6-4-12)22-23-16(24)25-9-14-8-11-1-2-13(14)7-11/h3-6,11,13-14H,1-2,7-10H2/t11-,13-,14+/m0/s1. The Morgan fingerprint density at radius 1 is 1.12 bits per heavy atom. The van der Waals surface area contributed by atoms with Crippen LogP contribution in [0.15, 0.2) is 29.7 Å². The fourth-order valence-corrected chi connectivity index (χ4v) is 5.37. The van der Waals surface area contributed by atoms with Gasteiger partial charge in [0.1, 0.15) is 6.54 Å². The van der Waals surface area contributed by atoms with Gasteiger partial charge in [0, 0.05) is 23.7 Å². The van der Waals surface area contributed by atoms with Crippen molar-refractivity contribution < 1.29 is 13.2 Å². The Kier molecular flexibility index (Phi) is 4.47. The van der Waals surface area contributed by atoms with E-state index in [0.29, 0.717) is 16.6 Å². The van der Waals surface area contributed by atoms with Crippen LogP contribution in [0.4, 0.5) is 13.2 Å². The molecule has 8 heteroatoms. The number of halogens is 3. The number of aromatic nitrogens is 4. The second-order valence-electron chi connectivity index (χ2n) is 6.99. The Balaban J connectivity index is 1.55. The van der Waals surface area contributed by atoms with Crippen molar-refractivity contribution in [2.24, 2.45) is 17.8 Å². The Morgan fingerprint density at radius 2 is 1.92 bits per heavy atom. The fourth-order valence-electron chi connectivity index (χ4n) is 4.19. The van der Waals surface area contributed by atoms with Crippen LogP contribution in [-0.2, 0) is 6.54 Å². The molecule has 2 aromatic rings. The maximum Gasteiger partial charge on any atom is 0.406 e. The van der Waals surface area contributed by atoms with Gasteiger partial charge in [0.25, 0.3) is 0 Å². The predicted molar refractivity (Wildman–Crippen MR) is 89.0 cm³/mol. The summed E-state index contributed by atoms with van der Waals surface area (Å²) in [5, 5.41) is 8.44. The molecule has 0 unspecified atom stereocenters. The third-order valence-electron chi connectivity index (χ3n) is 5.30. The smallest absolute Gasteiger partial charge is 0.293 e. The monoisotopic (exact) mass is 368 g/mol. The highest BCUT2D eigenvalue weighted by molar-refractivity contribution is 7.99. The van der Waals surface area contributed by atoms with Gasteiger partial charge in [-0.3, -0.25) is 9.55 Å². The molecule has 0 aromatic carbocycles. The Morgan fingerprint density at radius 3 is 2.56 bits per heavy atom. The summed E-state index contributed by atoms with van der Waals surface area (Å²) in [6, 6.07) is 3.31. The van der Waals surface area contributed by atoms with E-state index >= 15 is 0 Å². The van der Waals surface area contributed by atoms with Crippen molar-refractivity contribution in [2.45, 2.75) is 43.6 Å². The third-order valence-corrected chi connectivity index (χ3v) is 6.46. The normalized spacial score (nSPS) is 25.6. The molecule has 0 amide bonds. The van der Waals surface area contributed by atoms with Crippen molar-refractivity contribution in [3.8, 4) is 11.4 Å². The molecule has 0 saturated heterocycles. The summed E-state index contributed by atoms with van der Waals surface area (Å²) < 4.78 is 40.4. The van der Waals surface area contributed by atoms with Gasteiger partial charge in [0.05, 0.1) is 0 Å². The van der Waals surface area contributed by atoms with Crippen molar-refractivity contribution in [1.82, 2.24) is 19.7 Å². The van der Waals surface area contributed by atoms with Gasteiger partial charge in [-0.2, -0.15) is 13.2 Å². The van der Waals surface area contributed by atoms with Gasteiger partial charge >= 0.3 is 6.18 Å². The summed E-state index contributed by atoms with van der Waals surface area (Å²) in [5.41, 5.74) is 0.596. The molecule has 2 heterocycles. The first kappa shape index (κ1) is 16.9. The number of thioether (sulfide) groups is 1. The maximum atomic E-state index is 13.1. The number of nitrogens with zero attached hydrogens (tertiary/aromatic N) is 4. The van der Waals surface area contributed by atoms with E-state index in [9.17, 15) is 13.2 Å². The molecule has 2 bridgehead atoms. The molecule has 134 valence electrons. The number of hydrogen-bond acceptors (Lipinski definition) is 4. The van der Waals surface area contributed by atoms with Crippen LogP contribution < -0.4 is 0 Å². The fraction of sp³-hybridized carbons (Fsp3) is 0.588. The average molecular weight is 368 g/mol. The molecule has 2 aliphatic rings. The Hall–Kier alpha value is -1.57. The molecule has 2 fully saturated rings. The molecule has 2 aliphatic carbocycles. The highest BCUT2D eigenvalue weighted by Crippen LogP contribution is 2.49. The van der Waals surface area contributed by atoms with E-state index in [1.165, 1.54) is 42.0 Å². The minimum absolute atomic E-state index is 0.246. The zero-order valence-corrected chi connectivity index (χ0v) is 14.4. The summed E-state index contributed by atoms with van der Waals surface area (Å²) in [6.45, 7) is -1.07. The largest absolute Gasteiger partial charge is 0.406 e. The topological polar surface area (TPSA) is 43.6 Å². The highest BCUT2D eigenvalue weighted by atomic mass is 32.2. The van der Waals surface area contributed by atoms with Gasteiger partial charge in [-0.05, 0) is 49.1 Å². The molecule has 25 heavy (non-hydrogen) atoms. The summed E-state index contributed by atoms with van der Waals surface area (Å²) in [4.78, 5) is 3.91. The third kappa shape index (κ3) is 3.68. The van der Waals surface area contributed by atoms with Crippen molar-refractivity contribution in [3.05, 3.63) is 24.5 Å². The lowest BCUT2D eigenvalue weighted by atomic mass is 9.90. The van der Waals surface area contributed by atoms with Crippen molar-refractivity contribution in [3.63, 3.8) is 0 Å². The molecule has 4 nitrogen and oxygen atoms in total. The lowest BCUT2D eigenvalue weighted by Crippen LogP contribution is -2.20. The molecular formula is C17H19F3N4S. The van der Waals surface area contributed by atoms with Gasteiger partial charge < -0.3 is 0 Å².